The van der Waals surface area contributed by atoms with Crippen molar-refractivity contribution in [2.45, 2.75) is 57.6 Å². The fourth-order valence-corrected chi connectivity index (χ4v) is 2.80. The normalized spacial score (nSPS) is 12.4. The quantitative estimate of drug-likeness (QED) is 0.417. The molecule has 0 spiro atoms. The van der Waals surface area contributed by atoms with Crippen LogP contribution in [0, 0.1) is 0 Å². The summed E-state index contributed by atoms with van der Waals surface area (Å²) in [5.74, 6) is 0.888. The molecule has 0 saturated carbocycles. The molecule has 0 aromatic carbocycles. The summed E-state index contributed by atoms with van der Waals surface area (Å²) in [6, 6.07) is 0. The van der Waals surface area contributed by atoms with Crippen LogP contribution in [-0.4, -0.2) is 30.3 Å². The molecule has 0 aromatic rings. The van der Waals surface area contributed by atoms with Gasteiger partial charge in [0.2, 0.25) is 0 Å². The maximum absolute atomic E-state index is 11.9. The third-order valence-corrected chi connectivity index (χ3v) is 3.80. The molecule has 0 aromatic heterocycles. The van der Waals surface area contributed by atoms with E-state index < -0.39 is 0 Å². The SMILES string of the molecule is CCCC(SCCCCCCF)C(=O)OCC. The van der Waals surface area contributed by atoms with E-state index in [9.17, 15) is 9.18 Å². The molecule has 0 fully saturated rings. The molecule has 0 amide bonds. The Morgan fingerprint density at radius 3 is 2.53 bits per heavy atom. The lowest BCUT2D eigenvalue weighted by molar-refractivity contribution is -0.142. The predicted molar refractivity (Wildman–Crippen MR) is 72.2 cm³/mol. The monoisotopic (exact) mass is 264 g/mol. The van der Waals surface area contributed by atoms with E-state index in [-0.39, 0.29) is 17.9 Å². The lowest BCUT2D eigenvalue weighted by Crippen LogP contribution is -2.20. The van der Waals surface area contributed by atoms with E-state index in [2.05, 4.69) is 6.92 Å². The van der Waals surface area contributed by atoms with E-state index in [0.717, 1.165) is 37.9 Å². The summed E-state index contributed by atoms with van der Waals surface area (Å²) >= 11 is 1.68. The number of thioether (sulfide) groups is 1. The lowest BCUT2D eigenvalue weighted by Gasteiger charge is -2.14. The van der Waals surface area contributed by atoms with Crippen LogP contribution in [0.4, 0.5) is 4.39 Å². The van der Waals surface area contributed by atoms with Crippen LogP contribution in [0.15, 0.2) is 0 Å². The first-order chi connectivity index (χ1) is 8.26. The number of halogens is 1. The number of ether oxygens (including phenoxy) is 1. The van der Waals surface area contributed by atoms with Gasteiger partial charge in [0.05, 0.1) is 13.3 Å². The molecule has 4 heteroatoms. The van der Waals surface area contributed by atoms with Crippen LogP contribution in [0.3, 0.4) is 0 Å². The van der Waals surface area contributed by atoms with Gasteiger partial charge in [0, 0.05) is 0 Å². The second-order valence-corrected chi connectivity index (χ2v) is 5.31. The third kappa shape index (κ3) is 9.45. The van der Waals surface area contributed by atoms with E-state index in [1.54, 1.807) is 11.8 Å². The molecule has 0 aliphatic rings. The maximum Gasteiger partial charge on any atom is 0.319 e. The van der Waals surface area contributed by atoms with Crippen molar-refractivity contribution in [2.75, 3.05) is 19.0 Å². The second-order valence-electron chi connectivity index (χ2n) is 4.00. The fraction of sp³-hybridized carbons (Fsp3) is 0.923. The Morgan fingerprint density at radius 2 is 1.94 bits per heavy atom. The number of unbranched alkanes of at least 4 members (excludes halogenated alkanes) is 3. The van der Waals surface area contributed by atoms with E-state index in [1.165, 1.54) is 0 Å². The van der Waals surface area contributed by atoms with Gasteiger partial charge in [-0.25, -0.2) is 0 Å². The van der Waals surface area contributed by atoms with E-state index in [4.69, 9.17) is 4.74 Å². The number of hydrogen-bond acceptors (Lipinski definition) is 3. The Hall–Kier alpha value is -0.250. The average molecular weight is 264 g/mol. The summed E-state index contributed by atoms with van der Waals surface area (Å²) in [7, 11) is 0. The first-order valence-corrected chi connectivity index (χ1v) is 7.65. The summed E-state index contributed by atoms with van der Waals surface area (Å²) in [4.78, 5) is 11.6. The smallest absolute Gasteiger partial charge is 0.319 e. The summed E-state index contributed by atoms with van der Waals surface area (Å²) in [6.45, 7) is 4.15. The molecule has 0 rings (SSSR count). The molecule has 1 unspecified atom stereocenters. The molecule has 1 atom stereocenters. The highest BCUT2D eigenvalue weighted by molar-refractivity contribution is 8.00. The number of esters is 1. The van der Waals surface area contributed by atoms with Gasteiger partial charge in [0.25, 0.3) is 0 Å². The molecule has 0 heterocycles. The second kappa shape index (κ2) is 12.2. The van der Waals surface area contributed by atoms with Crippen LogP contribution in [-0.2, 0) is 9.53 Å². The standard InChI is InChI=1S/C13H25FO2S/c1-3-9-12(13(15)16-4-2)17-11-8-6-5-7-10-14/h12H,3-11H2,1-2H3. The first-order valence-electron chi connectivity index (χ1n) is 6.60. The summed E-state index contributed by atoms with van der Waals surface area (Å²) in [6.07, 6.45) is 5.62. The minimum Gasteiger partial charge on any atom is -0.465 e. The maximum atomic E-state index is 11.9. The van der Waals surface area contributed by atoms with Crippen molar-refractivity contribution in [3.8, 4) is 0 Å². The minimum absolute atomic E-state index is 0.0128. The lowest BCUT2D eigenvalue weighted by atomic mass is 10.2. The first kappa shape index (κ1) is 16.8. The predicted octanol–water partition coefficient (Wildman–Crippen LogP) is 3.98. The topological polar surface area (TPSA) is 26.3 Å². The van der Waals surface area contributed by atoms with Gasteiger partial charge >= 0.3 is 5.97 Å². The van der Waals surface area contributed by atoms with Gasteiger partial charge in [-0.15, -0.1) is 11.8 Å². The number of alkyl halides is 1. The molecule has 0 bridgehead atoms. The number of rotatable bonds is 11. The molecule has 0 radical (unpaired) electrons. The largest absolute Gasteiger partial charge is 0.465 e. The minimum atomic E-state index is -0.214. The molecule has 102 valence electrons. The molecule has 0 aliphatic carbocycles. The molecule has 0 saturated heterocycles. The van der Waals surface area contributed by atoms with Gasteiger partial charge < -0.3 is 4.74 Å². The molecule has 17 heavy (non-hydrogen) atoms. The van der Waals surface area contributed by atoms with Crippen LogP contribution < -0.4 is 0 Å². The van der Waals surface area contributed by atoms with Crippen molar-refractivity contribution in [1.82, 2.24) is 0 Å². The molecule has 2 nitrogen and oxygen atoms in total. The third-order valence-electron chi connectivity index (χ3n) is 2.45. The number of carbonyl (C=O) groups excluding carboxylic acids is 1. The van der Waals surface area contributed by atoms with Crippen LogP contribution in [0.1, 0.15) is 52.4 Å². The summed E-state index contributed by atoms with van der Waals surface area (Å²) < 4.78 is 16.9. The molecule has 0 aliphatic heterocycles. The zero-order valence-corrected chi connectivity index (χ0v) is 11.9. The Balaban J connectivity index is 3.65. The van der Waals surface area contributed by atoms with Crippen LogP contribution in [0.25, 0.3) is 0 Å². The fourth-order valence-electron chi connectivity index (χ4n) is 1.54. The summed E-state index contributed by atoms with van der Waals surface area (Å²) in [5.41, 5.74) is 0. The van der Waals surface area contributed by atoms with Crippen molar-refractivity contribution in [3.05, 3.63) is 0 Å². The zero-order valence-electron chi connectivity index (χ0n) is 11.0. The van der Waals surface area contributed by atoms with Crippen molar-refractivity contribution in [1.29, 1.82) is 0 Å². The van der Waals surface area contributed by atoms with Gasteiger partial charge in [-0.1, -0.05) is 26.2 Å². The van der Waals surface area contributed by atoms with E-state index >= 15 is 0 Å². The van der Waals surface area contributed by atoms with Gasteiger partial charge in [-0.3, -0.25) is 9.18 Å². The van der Waals surface area contributed by atoms with E-state index in [0.29, 0.717) is 13.0 Å². The highest BCUT2D eigenvalue weighted by Crippen LogP contribution is 2.20. The van der Waals surface area contributed by atoms with Gasteiger partial charge in [-0.2, -0.15) is 0 Å². The number of hydrogen-bond donors (Lipinski definition) is 0. The van der Waals surface area contributed by atoms with Gasteiger partial charge in [0.15, 0.2) is 0 Å². The number of carbonyl (C=O) groups is 1. The average Bonchev–Trinajstić information content (AvgIpc) is 2.32. The van der Waals surface area contributed by atoms with Crippen LogP contribution in [0.2, 0.25) is 0 Å². The van der Waals surface area contributed by atoms with Crippen molar-refractivity contribution < 1.29 is 13.9 Å². The molecule has 0 N–H and O–H groups in total. The van der Waals surface area contributed by atoms with Crippen molar-refractivity contribution in [2.24, 2.45) is 0 Å². The molecular formula is C13H25FO2S. The van der Waals surface area contributed by atoms with Gasteiger partial charge in [-0.05, 0) is 31.9 Å². The Morgan fingerprint density at radius 1 is 1.24 bits per heavy atom. The molecular weight excluding hydrogens is 239 g/mol. The van der Waals surface area contributed by atoms with Crippen molar-refractivity contribution >= 4 is 17.7 Å². The van der Waals surface area contributed by atoms with Crippen LogP contribution >= 0.6 is 11.8 Å². The van der Waals surface area contributed by atoms with E-state index in [1.807, 2.05) is 6.92 Å². The summed E-state index contributed by atoms with van der Waals surface area (Å²) in [5, 5.41) is -0.0128. The zero-order chi connectivity index (χ0) is 12.9. The highest BCUT2D eigenvalue weighted by Gasteiger charge is 2.18. The Bertz CT molecular complexity index is 188. The Labute approximate surface area is 109 Å². The Kier molecular flexibility index (Phi) is 12.0. The van der Waals surface area contributed by atoms with Gasteiger partial charge in [0.1, 0.15) is 5.25 Å². The highest BCUT2D eigenvalue weighted by atomic mass is 32.2. The van der Waals surface area contributed by atoms with Crippen molar-refractivity contribution in [3.63, 3.8) is 0 Å². The van der Waals surface area contributed by atoms with Crippen LogP contribution in [0.5, 0.6) is 0 Å².